The van der Waals surface area contributed by atoms with Gasteiger partial charge in [0, 0.05) is 36.2 Å². The van der Waals surface area contributed by atoms with Crippen molar-refractivity contribution in [2.75, 3.05) is 6.61 Å². The van der Waals surface area contributed by atoms with Crippen LogP contribution < -0.4 is 5.56 Å². The van der Waals surface area contributed by atoms with Gasteiger partial charge in [-0.2, -0.15) is 13.2 Å². The Balaban J connectivity index is 1.50. The van der Waals surface area contributed by atoms with Gasteiger partial charge in [0.05, 0.1) is 41.8 Å². The van der Waals surface area contributed by atoms with E-state index in [0.29, 0.717) is 42.5 Å². The molecule has 0 saturated carbocycles. The number of aryl methyl sites for hydroxylation is 1. The van der Waals surface area contributed by atoms with Crippen LogP contribution in [0, 0.1) is 12.7 Å². The monoisotopic (exact) mass is 526 g/mol. The lowest BCUT2D eigenvalue weighted by molar-refractivity contribution is -0.137. The van der Waals surface area contributed by atoms with Crippen molar-refractivity contribution in [1.29, 1.82) is 0 Å². The Morgan fingerprint density at radius 2 is 1.95 bits per heavy atom. The van der Waals surface area contributed by atoms with E-state index in [-0.39, 0.29) is 47.7 Å². The molecule has 0 amide bonds. The standard InChI is InChI=1S/C27H22F4N4O3/c1-14-8-16(4-6-32-14)23-9-15(5-7-38-23)21-11-35-25(34-22-13-37-12-19(22)26(35)36)24(33-21)18-3-2-17(10-20(18)28)27(29,30)31/h2-4,6,8,10-11,15,23H,5,7,9,12-13H2,1H3. The summed E-state index contributed by atoms with van der Waals surface area (Å²) >= 11 is 0. The number of benzene rings is 1. The Morgan fingerprint density at radius 1 is 1.11 bits per heavy atom. The number of pyridine rings is 1. The topological polar surface area (TPSA) is 78.6 Å². The summed E-state index contributed by atoms with van der Waals surface area (Å²) in [6.07, 6.45) is -0.475. The van der Waals surface area contributed by atoms with Gasteiger partial charge in [-0.1, -0.05) is 0 Å². The Labute approximate surface area is 214 Å². The largest absolute Gasteiger partial charge is 0.416 e. The zero-order valence-corrected chi connectivity index (χ0v) is 20.3. The van der Waals surface area contributed by atoms with Crippen LogP contribution in [0.3, 0.4) is 0 Å². The number of nitrogens with zero attached hydrogens (tertiary/aromatic N) is 4. The highest BCUT2D eigenvalue weighted by Crippen LogP contribution is 2.39. The summed E-state index contributed by atoms with van der Waals surface area (Å²) in [5, 5.41) is 0. The molecule has 6 rings (SSSR count). The normalized spacial score (nSPS) is 19.6. The second-order valence-electron chi connectivity index (χ2n) is 9.55. The van der Waals surface area contributed by atoms with Gasteiger partial charge in [0.1, 0.15) is 11.5 Å². The fraction of sp³-hybridized carbons (Fsp3) is 0.333. The summed E-state index contributed by atoms with van der Waals surface area (Å²) in [5.74, 6) is -1.26. The molecule has 4 aromatic rings. The van der Waals surface area contributed by atoms with Crippen molar-refractivity contribution in [3.05, 3.63) is 92.7 Å². The van der Waals surface area contributed by atoms with Crippen LogP contribution in [0.15, 0.2) is 47.5 Å². The van der Waals surface area contributed by atoms with E-state index in [2.05, 4.69) is 9.97 Å². The van der Waals surface area contributed by atoms with Gasteiger partial charge in [0.25, 0.3) is 5.56 Å². The maximum atomic E-state index is 15.2. The van der Waals surface area contributed by atoms with Crippen LogP contribution in [-0.4, -0.2) is 26.0 Å². The molecule has 196 valence electrons. The smallest absolute Gasteiger partial charge is 0.373 e. The first kappa shape index (κ1) is 24.6. The van der Waals surface area contributed by atoms with Crippen LogP contribution >= 0.6 is 0 Å². The first-order chi connectivity index (χ1) is 18.2. The third-order valence-electron chi connectivity index (χ3n) is 7.04. The average Bonchev–Trinajstić information content (AvgIpc) is 3.37. The Morgan fingerprint density at radius 3 is 2.71 bits per heavy atom. The molecule has 1 saturated heterocycles. The third kappa shape index (κ3) is 4.35. The van der Waals surface area contributed by atoms with E-state index in [4.69, 9.17) is 14.5 Å². The fourth-order valence-electron chi connectivity index (χ4n) is 5.08. The molecule has 0 bridgehead atoms. The highest BCUT2D eigenvalue weighted by molar-refractivity contribution is 5.75. The van der Waals surface area contributed by atoms with Gasteiger partial charge in [-0.3, -0.25) is 14.2 Å². The zero-order chi connectivity index (χ0) is 26.6. The van der Waals surface area contributed by atoms with Gasteiger partial charge in [-0.25, -0.2) is 14.4 Å². The van der Waals surface area contributed by atoms with Crippen LogP contribution in [0.5, 0.6) is 0 Å². The SMILES string of the molecule is Cc1cc(C2CC(c3cn4c(=O)c5c(nc4c(-c4ccc(C(F)(F)F)cc4F)n3)COC5)CCO2)ccn1. The lowest BCUT2D eigenvalue weighted by Gasteiger charge is -2.30. The predicted octanol–water partition coefficient (Wildman–Crippen LogP) is 5.28. The van der Waals surface area contributed by atoms with Crippen LogP contribution in [0.25, 0.3) is 16.9 Å². The summed E-state index contributed by atoms with van der Waals surface area (Å²) in [6, 6.07) is 6.10. The number of hydrogen-bond acceptors (Lipinski definition) is 6. The number of ether oxygens (including phenoxy) is 2. The molecule has 0 radical (unpaired) electrons. The Hall–Kier alpha value is -3.70. The molecule has 0 N–H and O–H groups in total. The van der Waals surface area contributed by atoms with Crippen molar-refractivity contribution in [3.63, 3.8) is 0 Å². The average molecular weight is 526 g/mol. The Bertz CT molecular complexity index is 1620. The van der Waals surface area contributed by atoms with E-state index in [9.17, 15) is 18.0 Å². The summed E-state index contributed by atoms with van der Waals surface area (Å²) in [7, 11) is 0. The minimum absolute atomic E-state index is 0.00308. The molecule has 38 heavy (non-hydrogen) atoms. The molecule has 1 fully saturated rings. The van der Waals surface area contributed by atoms with Gasteiger partial charge >= 0.3 is 6.18 Å². The highest BCUT2D eigenvalue weighted by atomic mass is 19.4. The number of alkyl halides is 3. The maximum Gasteiger partial charge on any atom is 0.416 e. The van der Waals surface area contributed by atoms with E-state index in [0.717, 1.165) is 23.4 Å². The molecule has 5 heterocycles. The molecule has 2 atom stereocenters. The molecule has 3 aromatic heterocycles. The third-order valence-corrected chi connectivity index (χ3v) is 7.04. The summed E-state index contributed by atoms with van der Waals surface area (Å²) in [4.78, 5) is 26.8. The molecule has 1 aromatic carbocycles. The molecule has 2 aliphatic rings. The van der Waals surface area contributed by atoms with Crippen LogP contribution in [-0.2, 0) is 28.9 Å². The van der Waals surface area contributed by atoms with Gasteiger partial charge in [-0.15, -0.1) is 0 Å². The van der Waals surface area contributed by atoms with Crippen LogP contribution in [0.1, 0.15) is 58.6 Å². The van der Waals surface area contributed by atoms with Crippen molar-refractivity contribution >= 4 is 5.65 Å². The van der Waals surface area contributed by atoms with E-state index in [1.807, 2.05) is 19.1 Å². The van der Waals surface area contributed by atoms with Gasteiger partial charge in [0.2, 0.25) is 0 Å². The quantitative estimate of drug-likeness (QED) is 0.338. The molecular formula is C27H22F4N4O3. The minimum Gasteiger partial charge on any atom is -0.373 e. The highest BCUT2D eigenvalue weighted by Gasteiger charge is 2.33. The first-order valence-corrected chi connectivity index (χ1v) is 12.1. The number of aromatic nitrogens is 4. The predicted molar refractivity (Wildman–Crippen MR) is 128 cm³/mol. The van der Waals surface area contributed by atoms with E-state index < -0.39 is 17.6 Å². The second kappa shape index (κ2) is 9.25. The van der Waals surface area contributed by atoms with Gasteiger partial charge < -0.3 is 9.47 Å². The minimum atomic E-state index is -4.70. The molecule has 0 aliphatic carbocycles. The molecule has 2 unspecified atom stereocenters. The van der Waals surface area contributed by atoms with Crippen molar-refractivity contribution in [2.24, 2.45) is 0 Å². The van der Waals surface area contributed by atoms with Crippen LogP contribution in [0.2, 0.25) is 0 Å². The summed E-state index contributed by atoms with van der Waals surface area (Å²) in [6.45, 7) is 2.55. The van der Waals surface area contributed by atoms with E-state index >= 15 is 4.39 Å². The lowest BCUT2D eigenvalue weighted by Crippen LogP contribution is -2.24. The summed E-state index contributed by atoms with van der Waals surface area (Å²) in [5.41, 5.74) is 1.56. The Kier molecular flexibility index (Phi) is 5.99. The second-order valence-corrected chi connectivity index (χ2v) is 9.55. The molecular weight excluding hydrogens is 504 g/mol. The zero-order valence-electron chi connectivity index (χ0n) is 20.3. The molecule has 2 aliphatic heterocycles. The van der Waals surface area contributed by atoms with Crippen molar-refractivity contribution < 1.29 is 27.0 Å². The van der Waals surface area contributed by atoms with Gasteiger partial charge in [-0.05, 0) is 55.7 Å². The number of fused-ring (bicyclic) bond motifs is 2. The number of rotatable bonds is 3. The summed E-state index contributed by atoms with van der Waals surface area (Å²) < 4.78 is 67.5. The van der Waals surface area contributed by atoms with E-state index in [1.165, 1.54) is 4.40 Å². The van der Waals surface area contributed by atoms with E-state index in [1.54, 1.807) is 12.4 Å². The number of halogens is 4. The molecule has 7 nitrogen and oxygen atoms in total. The van der Waals surface area contributed by atoms with Crippen molar-refractivity contribution in [1.82, 2.24) is 19.4 Å². The van der Waals surface area contributed by atoms with Crippen molar-refractivity contribution in [2.45, 2.75) is 51.2 Å². The fourth-order valence-corrected chi connectivity index (χ4v) is 5.08. The van der Waals surface area contributed by atoms with Crippen LogP contribution in [0.4, 0.5) is 17.6 Å². The van der Waals surface area contributed by atoms with Crippen molar-refractivity contribution in [3.8, 4) is 11.3 Å². The maximum absolute atomic E-state index is 15.2. The lowest BCUT2D eigenvalue weighted by atomic mass is 9.89. The molecule has 11 heteroatoms. The number of hydrogen-bond donors (Lipinski definition) is 0. The van der Waals surface area contributed by atoms with Gasteiger partial charge in [0.15, 0.2) is 5.65 Å². The first-order valence-electron chi connectivity index (χ1n) is 12.1. The molecule has 0 spiro atoms.